The summed E-state index contributed by atoms with van der Waals surface area (Å²) in [5.74, 6) is -1.78. The highest BCUT2D eigenvalue weighted by Gasteiger charge is 2.67. The van der Waals surface area contributed by atoms with Crippen molar-refractivity contribution >= 4 is 27.7 Å². The zero-order valence-electron chi connectivity index (χ0n) is 21.1. The van der Waals surface area contributed by atoms with Crippen LogP contribution in [0.1, 0.15) is 32.3 Å². The van der Waals surface area contributed by atoms with Gasteiger partial charge in [-0.25, -0.2) is 4.52 Å². The molecule has 13 heteroatoms. The molecule has 4 aromatic rings. The number of nitrogens with one attached hydrogen (secondary N) is 1. The zero-order valence-corrected chi connectivity index (χ0v) is 22.0. The van der Waals surface area contributed by atoms with Gasteiger partial charge in [-0.1, -0.05) is 11.3 Å². The lowest BCUT2D eigenvalue weighted by atomic mass is 9.80. The van der Waals surface area contributed by atoms with Gasteiger partial charge in [-0.05, 0) is 51.0 Å². The first-order valence-corrected chi connectivity index (χ1v) is 13.4. The van der Waals surface area contributed by atoms with Crippen molar-refractivity contribution in [2.24, 2.45) is 11.8 Å². The maximum atomic E-state index is 13.7. The van der Waals surface area contributed by atoms with Gasteiger partial charge in [-0.3, -0.25) is 4.98 Å². The number of nitrogens with zero attached hydrogens (tertiary/aromatic N) is 7. The van der Waals surface area contributed by atoms with E-state index in [-0.39, 0.29) is 19.1 Å². The van der Waals surface area contributed by atoms with Crippen molar-refractivity contribution in [1.82, 2.24) is 24.8 Å². The van der Waals surface area contributed by atoms with Gasteiger partial charge < -0.3 is 15.3 Å². The second-order valence-corrected chi connectivity index (χ2v) is 11.4. The molecule has 1 aliphatic heterocycles. The van der Waals surface area contributed by atoms with Gasteiger partial charge in [0.2, 0.25) is 5.13 Å². The molecule has 0 aromatic carbocycles. The molecule has 202 valence electrons. The van der Waals surface area contributed by atoms with Crippen LogP contribution in [0.25, 0.3) is 27.5 Å². The Bertz CT molecular complexity index is 1580. The van der Waals surface area contributed by atoms with Crippen molar-refractivity contribution < 1.29 is 18.3 Å². The molecule has 2 aliphatic rings. The van der Waals surface area contributed by atoms with Crippen LogP contribution in [0, 0.1) is 23.2 Å². The summed E-state index contributed by atoms with van der Waals surface area (Å²) >= 11 is 1.30. The molecule has 39 heavy (non-hydrogen) atoms. The molecule has 0 amide bonds. The maximum Gasteiger partial charge on any atom is 0.417 e. The number of rotatable bonds is 5. The van der Waals surface area contributed by atoms with E-state index in [1.54, 1.807) is 16.8 Å². The van der Waals surface area contributed by atoms with E-state index in [0.717, 1.165) is 22.5 Å². The number of fused-ring (bicyclic) bond motifs is 3. The van der Waals surface area contributed by atoms with E-state index in [1.165, 1.54) is 17.5 Å². The molecule has 2 atom stereocenters. The SMILES string of the molecule is CC(C)Nc1cc(-c2ccc3cc(C#N)cnn23)ncc1-c1nnc(N2CC3CCC(C2)C3(O)C(F)(F)F)s1. The summed E-state index contributed by atoms with van der Waals surface area (Å²) in [4.78, 5) is 6.48. The topological polar surface area (TPSA) is 115 Å². The third kappa shape index (κ3) is 4.18. The minimum Gasteiger partial charge on any atom is -0.382 e. The Balaban J connectivity index is 1.31. The Morgan fingerprint density at radius 3 is 2.56 bits per heavy atom. The van der Waals surface area contributed by atoms with Gasteiger partial charge in [0.25, 0.3) is 0 Å². The fourth-order valence-electron chi connectivity index (χ4n) is 5.77. The first-order valence-electron chi connectivity index (χ1n) is 12.6. The summed E-state index contributed by atoms with van der Waals surface area (Å²) in [6.45, 7) is 4.19. The number of pyridine rings is 1. The molecule has 2 N–H and O–H groups in total. The quantitative estimate of drug-likeness (QED) is 0.363. The second-order valence-electron chi connectivity index (χ2n) is 10.4. The third-order valence-corrected chi connectivity index (χ3v) is 8.62. The van der Waals surface area contributed by atoms with Crippen molar-refractivity contribution in [1.29, 1.82) is 5.26 Å². The molecule has 5 heterocycles. The minimum atomic E-state index is -4.65. The Morgan fingerprint density at radius 2 is 1.90 bits per heavy atom. The number of alkyl halides is 3. The minimum absolute atomic E-state index is 0.0806. The second kappa shape index (κ2) is 9.17. The number of aliphatic hydroxyl groups is 1. The van der Waals surface area contributed by atoms with Crippen LogP contribution < -0.4 is 10.2 Å². The van der Waals surface area contributed by atoms with Gasteiger partial charge in [-0.15, -0.1) is 10.2 Å². The lowest BCUT2D eigenvalue weighted by Gasteiger charge is -2.44. The van der Waals surface area contributed by atoms with Gasteiger partial charge in [0.1, 0.15) is 6.07 Å². The van der Waals surface area contributed by atoms with Crippen LogP contribution in [0.4, 0.5) is 24.0 Å². The largest absolute Gasteiger partial charge is 0.417 e. The lowest BCUT2D eigenvalue weighted by Crippen LogP contribution is -2.61. The molecule has 6 rings (SSSR count). The third-order valence-electron chi connectivity index (χ3n) is 7.60. The Labute approximate surface area is 225 Å². The molecule has 1 saturated carbocycles. The molecule has 0 spiro atoms. The molecular formula is C26H25F3N8OS. The van der Waals surface area contributed by atoms with Crippen LogP contribution in [0.3, 0.4) is 0 Å². The molecule has 1 saturated heterocycles. The predicted octanol–water partition coefficient (Wildman–Crippen LogP) is 4.75. The number of halogens is 3. The maximum absolute atomic E-state index is 13.7. The summed E-state index contributed by atoms with van der Waals surface area (Å²) in [6, 6.07) is 9.61. The van der Waals surface area contributed by atoms with Crippen molar-refractivity contribution in [2.75, 3.05) is 23.3 Å². The predicted molar refractivity (Wildman–Crippen MR) is 140 cm³/mol. The van der Waals surface area contributed by atoms with Crippen LogP contribution in [-0.2, 0) is 0 Å². The Hall–Kier alpha value is -3.76. The average Bonchev–Trinajstić information content (AvgIpc) is 3.57. The Morgan fingerprint density at radius 1 is 1.15 bits per heavy atom. The molecule has 9 nitrogen and oxygen atoms in total. The summed E-state index contributed by atoms with van der Waals surface area (Å²) < 4.78 is 42.8. The van der Waals surface area contributed by atoms with Crippen LogP contribution in [0.15, 0.2) is 36.7 Å². The van der Waals surface area contributed by atoms with Crippen LogP contribution in [-0.4, -0.2) is 60.8 Å². The van der Waals surface area contributed by atoms with E-state index in [0.29, 0.717) is 34.2 Å². The number of aromatic nitrogens is 5. The molecule has 1 aliphatic carbocycles. The van der Waals surface area contributed by atoms with Crippen LogP contribution in [0.2, 0.25) is 0 Å². The molecule has 2 unspecified atom stereocenters. The van der Waals surface area contributed by atoms with Gasteiger partial charge in [0.15, 0.2) is 10.6 Å². The number of piperidine rings is 1. The zero-order chi connectivity index (χ0) is 27.5. The highest BCUT2D eigenvalue weighted by atomic mass is 32.1. The van der Waals surface area contributed by atoms with Crippen molar-refractivity contribution in [3.8, 4) is 28.0 Å². The summed E-state index contributed by atoms with van der Waals surface area (Å²) in [5, 5.41) is 37.3. The molecular weight excluding hydrogens is 529 g/mol. The monoisotopic (exact) mass is 554 g/mol. The van der Waals surface area contributed by atoms with E-state index in [9.17, 15) is 18.3 Å². The van der Waals surface area contributed by atoms with Crippen LogP contribution >= 0.6 is 11.3 Å². The van der Waals surface area contributed by atoms with Crippen LogP contribution in [0.5, 0.6) is 0 Å². The van der Waals surface area contributed by atoms with Gasteiger partial charge in [-0.2, -0.15) is 23.5 Å². The van der Waals surface area contributed by atoms with Crippen molar-refractivity contribution in [2.45, 2.75) is 44.5 Å². The van der Waals surface area contributed by atoms with E-state index < -0.39 is 23.6 Å². The smallest absolute Gasteiger partial charge is 0.382 e. The number of nitriles is 1. The van der Waals surface area contributed by atoms with E-state index in [2.05, 4.69) is 31.7 Å². The fraction of sp³-hybridized carbons (Fsp3) is 0.423. The number of anilines is 2. The summed E-state index contributed by atoms with van der Waals surface area (Å²) in [6.07, 6.45) is -0.782. The first kappa shape index (κ1) is 25.5. The van der Waals surface area contributed by atoms with E-state index in [1.807, 2.05) is 36.9 Å². The molecule has 2 fully saturated rings. The molecule has 2 bridgehead atoms. The highest BCUT2D eigenvalue weighted by molar-refractivity contribution is 7.18. The van der Waals surface area contributed by atoms with Gasteiger partial charge in [0.05, 0.1) is 34.2 Å². The summed E-state index contributed by atoms with van der Waals surface area (Å²) in [7, 11) is 0. The normalized spacial score (nSPS) is 23.0. The standard InChI is InChI=1S/C26H25F3N8OS/c1-14(2)33-20-8-21(22-6-5-18-7-15(9-30)10-32-37(18)22)31-11-19(20)23-34-35-24(39-23)36-12-16-3-4-17(13-36)25(16,38)26(27,28)29/h5-8,10-11,14,16-17,38H,3-4,12-13H2,1-2H3,(H,31,33). The van der Waals surface area contributed by atoms with Crippen molar-refractivity contribution in [3.63, 3.8) is 0 Å². The summed E-state index contributed by atoms with van der Waals surface area (Å²) in [5.41, 5.74) is 1.54. The number of hydrogen-bond donors (Lipinski definition) is 2. The Kier molecular flexibility index (Phi) is 6.00. The first-order chi connectivity index (χ1) is 18.6. The number of hydrogen-bond acceptors (Lipinski definition) is 9. The van der Waals surface area contributed by atoms with E-state index in [4.69, 9.17) is 5.26 Å². The van der Waals surface area contributed by atoms with Gasteiger partial charge >= 0.3 is 6.18 Å². The van der Waals surface area contributed by atoms with E-state index >= 15 is 0 Å². The average molecular weight is 555 g/mol. The highest BCUT2D eigenvalue weighted by Crippen LogP contribution is 2.54. The molecule has 4 aromatic heterocycles. The van der Waals surface area contributed by atoms with Crippen molar-refractivity contribution in [3.05, 3.63) is 42.2 Å². The fourth-order valence-corrected chi connectivity index (χ4v) is 6.65. The lowest BCUT2D eigenvalue weighted by molar-refractivity contribution is -0.289. The van der Waals surface area contributed by atoms with Gasteiger partial charge in [0, 0.05) is 42.9 Å². The molecule has 0 radical (unpaired) electrons.